The standard InChI is InChI=1S/C16H10N4O2/c17-7-11-1-4-13(5-2-11)14-9-19-20(16(14)22)15-6-3-12(10-21)8-18-15/h1-6,8-10,22H. The summed E-state index contributed by atoms with van der Waals surface area (Å²) in [6.45, 7) is 0. The minimum atomic E-state index is -0.0592. The van der Waals surface area contributed by atoms with Crippen molar-refractivity contribution in [1.29, 1.82) is 5.26 Å². The molecule has 2 heterocycles. The fourth-order valence-corrected chi connectivity index (χ4v) is 2.03. The highest BCUT2D eigenvalue weighted by molar-refractivity contribution is 5.74. The van der Waals surface area contributed by atoms with Gasteiger partial charge in [0, 0.05) is 11.8 Å². The quantitative estimate of drug-likeness (QED) is 0.747. The van der Waals surface area contributed by atoms with Crippen LogP contribution >= 0.6 is 0 Å². The molecule has 0 saturated heterocycles. The van der Waals surface area contributed by atoms with Crippen LogP contribution in [0.5, 0.6) is 5.88 Å². The van der Waals surface area contributed by atoms with Crippen molar-refractivity contribution < 1.29 is 9.90 Å². The molecule has 0 amide bonds. The molecule has 1 aromatic carbocycles. The van der Waals surface area contributed by atoms with E-state index in [1.54, 1.807) is 36.4 Å². The van der Waals surface area contributed by atoms with Gasteiger partial charge in [0.15, 0.2) is 12.1 Å². The number of hydrogen-bond acceptors (Lipinski definition) is 5. The van der Waals surface area contributed by atoms with Gasteiger partial charge in [-0.05, 0) is 29.8 Å². The Morgan fingerprint density at radius 1 is 1.14 bits per heavy atom. The number of aromatic nitrogens is 3. The van der Waals surface area contributed by atoms with Gasteiger partial charge in [0.05, 0.1) is 23.4 Å². The molecule has 6 nitrogen and oxygen atoms in total. The Labute approximate surface area is 125 Å². The summed E-state index contributed by atoms with van der Waals surface area (Å²) < 4.78 is 1.28. The van der Waals surface area contributed by atoms with Crippen molar-refractivity contribution in [2.24, 2.45) is 0 Å². The number of nitriles is 1. The molecule has 3 aromatic rings. The van der Waals surface area contributed by atoms with Crippen LogP contribution in [-0.4, -0.2) is 26.2 Å². The predicted octanol–water partition coefficient (Wildman–Crippen LogP) is 2.32. The maximum Gasteiger partial charge on any atom is 0.223 e. The number of pyridine rings is 1. The van der Waals surface area contributed by atoms with Crippen LogP contribution in [0.2, 0.25) is 0 Å². The molecular formula is C16H10N4O2. The van der Waals surface area contributed by atoms with Gasteiger partial charge < -0.3 is 5.11 Å². The number of carbonyl (C=O) groups excluding carboxylic acids is 1. The lowest BCUT2D eigenvalue weighted by atomic mass is 10.1. The second-order valence-electron chi connectivity index (χ2n) is 4.55. The Bertz CT molecular complexity index is 859. The molecule has 0 unspecified atom stereocenters. The van der Waals surface area contributed by atoms with Crippen LogP contribution in [0.1, 0.15) is 15.9 Å². The number of carbonyl (C=O) groups is 1. The van der Waals surface area contributed by atoms with E-state index in [0.717, 1.165) is 5.56 Å². The Kier molecular flexibility index (Phi) is 3.38. The van der Waals surface area contributed by atoms with Crippen LogP contribution in [0.3, 0.4) is 0 Å². The molecule has 0 atom stereocenters. The fourth-order valence-electron chi connectivity index (χ4n) is 2.03. The van der Waals surface area contributed by atoms with Crippen molar-refractivity contribution in [2.45, 2.75) is 0 Å². The second kappa shape index (κ2) is 5.50. The van der Waals surface area contributed by atoms with Crippen LogP contribution in [0.4, 0.5) is 0 Å². The molecule has 0 spiro atoms. The van der Waals surface area contributed by atoms with E-state index < -0.39 is 0 Å². The Balaban J connectivity index is 2.00. The summed E-state index contributed by atoms with van der Waals surface area (Å²) >= 11 is 0. The highest BCUT2D eigenvalue weighted by Gasteiger charge is 2.13. The molecule has 0 aliphatic carbocycles. The molecule has 106 valence electrons. The lowest BCUT2D eigenvalue weighted by molar-refractivity contribution is 0.112. The molecular weight excluding hydrogens is 280 g/mol. The molecule has 2 aromatic heterocycles. The van der Waals surface area contributed by atoms with Gasteiger partial charge in [-0.1, -0.05) is 12.1 Å². The summed E-state index contributed by atoms with van der Waals surface area (Å²) in [7, 11) is 0. The number of hydrogen-bond donors (Lipinski definition) is 1. The van der Waals surface area contributed by atoms with Crippen LogP contribution < -0.4 is 0 Å². The highest BCUT2D eigenvalue weighted by Crippen LogP contribution is 2.30. The summed E-state index contributed by atoms with van der Waals surface area (Å²) in [5, 5.41) is 23.2. The minimum Gasteiger partial charge on any atom is -0.493 e. The number of aromatic hydroxyl groups is 1. The number of aldehydes is 1. The van der Waals surface area contributed by atoms with E-state index >= 15 is 0 Å². The first kappa shape index (κ1) is 13.5. The van der Waals surface area contributed by atoms with E-state index in [0.29, 0.717) is 28.8 Å². The third kappa shape index (κ3) is 2.31. The van der Waals surface area contributed by atoms with Gasteiger partial charge in [0.1, 0.15) is 0 Å². The zero-order valence-corrected chi connectivity index (χ0v) is 11.3. The normalized spacial score (nSPS) is 10.1. The van der Waals surface area contributed by atoms with E-state index in [2.05, 4.69) is 10.1 Å². The first-order chi connectivity index (χ1) is 10.7. The molecule has 0 fully saturated rings. The molecule has 3 rings (SSSR count). The zero-order valence-electron chi connectivity index (χ0n) is 11.3. The third-order valence-electron chi connectivity index (χ3n) is 3.19. The molecule has 0 saturated carbocycles. The maximum absolute atomic E-state index is 10.6. The van der Waals surface area contributed by atoms with E-state index in [1.165, 1.54) is 17.1 Å². The SMILES string of the molecule is N#Cc1ccc(-c2cnn(-c3ccc(C=O)cn3)c2O)cc1. The van der Waals surface area contributed by atoms with Crippen LogP contribution in [0.25, 0.3) is 16.9 Å². The average Bonchev–Trinajstić information content (AvgIpc) is 2.96. The van der Waals surface area contributed by atoms with Gasteiger partial charge in [-0.25, -0.2) is 4.98 Å². The summed E-state index contributed by atoms with van der Waals surface area (Å²) in [4.78, 5) is 14.7. The summed E-state index contributed by atoms with van der Waals surface area (Å²) in [5.41, 5.74) is 2.27. The van der Waals surface area contributed by atoms with Gasteiger partial charge in [-0.3, -0.25) is 4.79 Å². The van der Waals surface area contributed by atoms with E-state index in [1.807, 2.05) is 6.07 Å². The van der Waals surface area contributed by atoms with Crippen molar-refractivity contribution >= 4 is 6.29 Å². The van der Waals surface area contributed by atoms with Crippen LogP contribution in [-0.2, 0) is 0 Å². The topological polar surface area (TPSA) is 91.8 Å². The minimum absolute atomic E-state index is 0.0592. The van der Waals surface area contributed by atoms with Crippen molar-refractivity contribution in [3.63, 3.8) is 0 Å². The first-order valence-corrected chi connectivity index (χ1v) is 6.42. The van der Waals surface area contributed by atoms with Crippen molar-refractivity contribution in [3.05, 3.63) is 59.9 Å². The highest BCUT2D eigenvalue weighted by atomic mass is 16.3. The van der Waals surface area contributed by atoms with Crippen molar-refractivity contribution in [3.8, 4) is 28.9 Å². The molecule has 0 aliphatic rings. The maximum atomic E-state index is 10.6. The van der Waals surface area contributed by atoms with Crippen LogP contribution in [0.15, 0.2) is 48.8 Å². The molecule has 22 heavy (non-hydrogen) atoms. The summed E-state index contributed by atoms with van der Waals surface area (Å²) in [5.74, 6) is 0.346. The summed E-state index contributed by atoms with van der Waals surface area (Å²) in [6.07, 6.45) is 3.62. The Morgan fingerprint density at radius 3 is 2.50 bits per heavy atom. The van der Waals surface area contributed by atoms with Gasteiger partial charge >= 0.3 is 0 Å². The molecule has 0 radical (unpaired) electrons. The third-order valence-corrected chi connectivity index (χ3v) is 3.19. The Hall–Kier alpha value is -3.46. The number of nitrogens with zero attached hydrogens (tertiary/aromatic N) is 4. The fraction of sp³-hybridized carbons (Fsp3) is 0. The van der Waals surface area contributed by atoms with E-state index in [-0.39, 0.29) is 5.88 Å². The number of benzene rings is 1. The second-order valence-corrected chi connectivity index (χ2v) is 4.55. The van der Waals surface area contributed by atoms with E-state index in [4.69, 9.17) is 5.26 Å². The first-order valence-electron chi connectivity index (χ1n) is 6.42. The summed E-state index contributed by atoms with van der Waals surface area (Å²) in [6, 6.07) is 12.0. The average molecular weight is 290 g/mol. The van der Waals surface area contributed by atoms with E-state index in [9.17, 15) is 9.90 Å². The zero-order chi connectivity index (χ0) is 15.5. The predicted molar refractivity (Wildman–Crippen MR) is 78.6 cm³/mol. The van der Waals surface area contributed by atoms with Crippen LogP contribution in [0, 0.1) is 11.3 Å². The van der Waals surface area contributed by atoms with Gasteiger partial charge in [0.2, 0.25) is 5.88 Å². The number of rotatable bonds is 3. The monoisotopic (exact) mass is 290 g/mol. The lowest BCUT2D eigenvalue weighted by Gasteiger charge is -2.03. The van der Waals surface area contributed by atoms with Gasteiger partial charge in [-0.15, -0.1) is 0 Å². The van der Waals surface area contributed by atoms with Crippen molar-refractivity contribution in [1.82, 2.24) is 14.8 Å². The molecule has 1 N–H and O–H groups in total. The smallest absolute Gasteiger partial charge is 0.223 e. The lowest BCUT2D eigenvalue weighted by Crippen LogP contribution is -1.99. The molecule has 0 aliphatic heterocycles. The van der Waals surface area contributed by atoms with Crippen molar-refractivity contribution in [2.75, 3.05) is 0 Å². The molecule has 0 bridgehead atoms. The largest absolute Gasteiger partial charge is 0.493 e. The van der Waals surface area contributed by atoms with Gasteiger partial charge in [-0.2, -0.15) is 15.0 Å². The molecule has 6 heteroatoms. The Morgan fingerprint density at radius 2 is 1.91 bits per heavy atom. The van der Waals surface area contributed by atoms with Gasteiger partial charge in [0.25, 0.3) is 0 Å².